The number of fused-ring (bicyclic) bond motifs is 1. The molecule has 156 valence electrons. The Labute approximate surface area is 180 Å². The van der Waals surface area contributed by atoms with Gasteiger partial charge < -0.3 is 9.64 Å². The Morgan fingerprint density at radius 2 is 2.10 bits per heavy atom. The van der Waals surface area contributed by atoms with E-state index in [-0.39, 0.29) is 24.5 Å². The van der Waals surface area contributed by atoms with Gasteiger partial charge in [0.25, 0.3) is 0 Å². The quantitative estimate of drug-likeness (QED) is 0.539. The molecule has 0 spiro atoms. The summed E-state index contributed by atoms with van der Waals surface area (Å²) in [5, 5.41) is 12.1. The van der Waals surface area contributed by atoms with Crippen molar-refractivity contribution in [3.8, 4) is 11.4 Å². The Hall–Kier alpha value is -2.97. The number of hydrogen-bond donors (Lipinski definition) is 1. The highest BCUT2D eigenvalue weighted by Gasteiger charge is 2.24. The highest BCUT2D eigenvalue weighted by atomic mass is 35.5. The lowest BCUT2D eigenvalue weighted by Crippen LogP contribution is -2.44. The normalized spacial score (nSPS) is 17.7. The maximum Gasteiger partial charge on any atom is 0.139 e. The third-order valence-electron chi connectivity index (χ3n) is 5.43. The number of aromatic nitrogens is 6. The van der Waals surface area contributed by atoms with Crippen molar-refractivity contribution < 1.29 is 4.74 Å². The van der Waals surface area contributed by atoms with Crippen LogP contribution in [0.4, 0.5) is 5.82 Å². The van der Waals surface area contributed by atoms with Gasteiger partial charge in [0.1, 0.15) is 22.7 Å². The van der Waals surface area contributed by atoms with Crippen LogP contribution in [0.1, 0.15) is 25.6 Å². The van der Waals surface area contributed by atoms with Gasteiger partial charge in [0.2, 0.25) is 0 Å². The first-order valence-electron chi connectivity index (χ1n) is 9.87. The van der Waals surface area contributed by atoms with Gasteiger partial charge in [-0.15, -0.1) is 12.4 Å². The van der Waals surface area contributed by atoms with E-state index in [4.69, 9.17) is 14.8 Å². The molecule has 9 heteroatoms. The van der Waals surface area contributed by atoms with Crippen LogP contribution in [0.5, 0.6) is 0 Å². The molecule has 8 nitrogen and oxygen atoms in total. The first kappa shape index (κ1) is 20.3. The Balaban J connectivity index is 0.00000218. The first-order chi connectivity index (χ1) is 14.2. The number of nitrogens with one attached hydrogen (secondary N) is 1. The van der Waals surface area contributed by atoms with Gasteiger partial charge in [-0.05, 0) is 44.2 Å². The number of nitrogens with zero attached hydrogens (tertiary/aromatic N) is 6. The van der Waals surface area contributed by atoms with Crippen molar-refractivity contribution in [1.82, 2.24) is 29.9 Å². The summed E-state index contributed by atoms with van der Waals surface area (Å²) in [4.78, 5) is 11.8. The second-order valence-corrected chi connectivity index (χ2v) is 7.34. The zero-order valence-electron chi connectivity index (χ0n) is 16.9. The van der Waals surface area contributed by atoms with Crippen LogP contribution >= 0.6 is 12.4 Å². The minimum Gasteiger partial charge on any atom is -0.377 e. The summed E-state index contributed by atoms with van der Waals surface area (Å²) in [5.41, 5.74) is 4.31. The summed E-state index contributed by atoms with van der Waals surface area (Å²) in [5.74, 6) is 0.940. The number of anilines is 1. The third-order valence-corrected chi connectivity index (χ3v) is 5.43. The first-order valence-corrected chi connectivity index (χ1v) is 9.87. The molecule has 5 heterocycles. The predicted octanol–water partition coefficient (Wildman–Crippen LogP) is 3.47. The monoisotopic (exact) mass is 425 g/mol. The second-order valence-electron chi connectivity index (χ2n) is 7.34. The van der Waals surface area contributed by atoms with Gasteiger partial charge in [-0.1, -0.05) is 6.07 Å². The van der Waals surface area contributed by atoms with E-state index >= 15 is 0 Å². The summed E-state index contributed by atoms with van der Waals surface area (Å²) in [7, 11) is 0. The van der Waals surface area contributed by atoms with E-state index < -0.39 is 0 Å². The molecular formula is C21H24ClN7O. The number of H-pyrrole nitrogens is 1. The number of aromatic amines is 1. The van der Waals surface area contributed by atoms with Crippen LogP contribution in [-0.4, -0.2) is 55.7 Å². The third kappa shape index (κ3) is 3.53. The molecule has 2 atom stereocenters. The zero-order chi connectivity index (χ0) is 19.8. The van der Waals surface area contributed by atoms with Crippen molar-refractivity contribution in [2.45, 2.75) is 25.9 Å². The molecule has 0 bridgehead atoms. The standard InChI is InChI=1S/C21H23N7O.ClH/c1-14-13-29-12-11-27(14)19-7-6-18-21(24-19)20(17-8-10-23-25-17)26-28(18)15(2)16-5-3-4-9-22-16;/h3-10,14-15H,11-13H2,1-2H3,(H,23,25);1H/t14-,15?;/m1./s1. The number of rotatable bonds is 4. The fourth-order valence-corrected chi connectivity index (χ4v) is 3.85. The van der Waals surface area contributed by atoms with Crippen molar-refractivity contribution in [1.29, 1.82) is 0 Å². The fourth-order valence-electron chi connectivity index (χ4n) is 3.85. The molecule has 1 fully saturated rings. The molecule has 5 rings (SSSR count). The summed E-state index contributed by atoms with van der Waals surface area (Å²) in [6.07, 6.45) is 3.61. The molecule has 0 aliphatic carbocycles. The highest BCUT2D eigenvalue weighted by Crippen LogP contribution is 2.31. The molecule has 30 heavy (non-hydrogen) atoms. The summed E-state index contributed by atoms with van der Waals surface area (Å²) >= 11 is 0. The molecule has 0 aromatic carbocycles. The van der Waals surface area contributed by atoms with Crippen molar-refractivity contribution in [2.24, 2.45) is 0 Å². The molecule has 0 radical (unpaired) electrons. The predicted molar refractivity (Wildman–Crippen MR) is 118 cm³/mol. The minimum absolute atomic E-state index is 0. The van der Waals surface area contributed by atoms with Crippen molar-refractivity contribution in [2.75, 3.05) is 24.7 Å². The van der Waals surface area contributed by atoms with E-state index in [1.54, 1.807) is 6.20 Å². The van der Waals surface area contributed by atoms with E-state index in [0.717, 1.165) is 40.5 Å². The molecule has 1 aliphatic rings. The van der Waals surface area contributed by atoms with Gasteiger partial charge in [0.15, 0.2) is 0 Å². The lowest BCUT2D eigenvalue weighted by molar-refractivity contribution is 0.0986. The minimum atomic E-state index is -0.0265. The van der Waals surface area contributed by atoms with Crippen LogP contribution in [-0.2, 0) is 4.74 Å². The molecule has 1 saturated heterocycles. The van der Waals surface area contributed by atoms with Crippen LogP contribution in [0.2, 0.25) is 0 Å². The topological polar surface area (TPSA) is 84.8 Å². The van der Waals surface area contributed by atoms with E-state index in [2.05, 4.69) is 46.1 Å². The van der Waals surface area contributed by atoms with Crippen molar-refractivity contribution in [3.63, 3.8) is 0 Å². The molecule has 0 amide bonds. The highest BCUT2D eigenvalue weighted by molar-refractivity contribution is 5.90. The summed E-state index contributed by atoms with van der Waals surface area (Å²) < 4.78 is 7.57. The molecule has 4 aromatic heterocycles. The molecule has 1 unspecified atom stereocenters. The zero-order valence-corrected chi connectivity index (χ0v) is 17.7. The molecule has 1 N–H and O–H groups in total. The number of ether oxygens (including phenoxy) is 1. The van der Waals surface area contributed by atoms with Crippen LogP contribution in [0.15, 0.2) is 48.8 Å². The maximum atomic E-state index is 5.58. The van der Waals surface area contributed by atoms with Gasteiger partial charge in [-0.3, -0.25) is 14.8 Å². The van der Waals surface area contributed by atoms with E-state index in [1.165, 1.54) is 0 Å². The molecule has 4 aromatic rings. The van der Waals surface area contributed by atoms with Gasteiger partial charge in [0, 0.05) is 18.9 Å². The number of hydrogen-bond acceptors (Lipinski definition) is 6. The molecular weight excluding hydrogens is 402 g/mol. The molecule has 0 saturated carbocycles. The maximum absolute atomic E-state index is 5.58. The van der Waals surface area contributed by atoms with Gasteiger partial charge in [-0.25, -0.2) is 4.98 Å². The SMILES string of the molecule is CC(c1ccccn1)n1nc(-c2cc[nH]n2)c2nc(N3CCOC[C@H]3C)ccc21.Cl. The Kier molecular flexibility index (Phi) is 5.69. The van der Waals surface area contributed by atoms with Crippen molar-refractivity contribution >= 4 is 29.3 Å². The van der Waals surface area contributed by atoms with E-state index in [0.29, 0.717) is 13.2 Å². The Morgan fingerprint density at radius 1 is 1.20 bits per heavy atom. The van der Waals surface area contributed by atoms with Crippen LogP contribution < -0.4 is 4.90 Å². The van der Waals surface area contributed by atoms with E-state index in [9.17, 15) is 0 Å². The van der Waals surface area contributed by atoms with Crippen LogP contribution in [0, 0.1) is 0 Å². The number of halogens is 1. The van der Waals surface area contributed by atoms with Crippen LogP contribution in [0.25, 0.3) is 22.4 Å². The summed E-state index contributed by atoms with van der Waals surface area (Å²) in [6, 6.07) is 12.3. The number of morpholine rings is 1. The second kappa shape index (κ2) is 8.41. The number of pyridine rings is 2. The fraction of sp³-hybridized carbons (Fsp3) is 0.333. The average Bonchev–Trinajstić information content (AvgIpc) is 3.42. The van der Waals surface area contributed by atoms with Crippen LogP contribution in [0.3, 0.4) is 0 Å². The van der Waals surface area contributed by atoms with E-state index in [1.807, 2.05) is 35.1 Å². The van der Waals surface area contributed by atoms with Gasteiger partial charge >= 0.3 is 0 Å². The Morgan fingerprint density at radius 3 is 2.83 bits per heavy atom. The Bertz CT molecular complexity index is 1110. The van der Waals surface area contributed by atoms with Gasteiger partial charge in [0.05, 0.1) is 36.5 Å². The molecule has 1 aliphatic heterocycles. The largest absolute Gasteiger partial charge is 0.377 e. The van der Waals surface area contributed by atoms with Crippen molar-refractivity contribution in [3.05, 3.63) is 54.5 Å². The average molecular weight is 426 g/mol. The summed E-state index contributed by atoms with van der Waals surface area (Å²) in [6.45, 7) is 6.51. The smallest absolute Gasteiger partial charge is 0.139 e. The lowest BCUT2D eigenvalue weighted by atomic mass is 10.2. The lowest BCUT2D eigenvalue weighted by Gasteiger charge is -2.34. The van der Waals surface area contributed by atoms with Gasteiger partial charge in [-0.2, -0.15) is 10.2 Å².